The molecule has 0 radical (unpaired) electrons. The maximum atomic E-state index is 16.2. The Morgan fingerprint density at radius 3 is 2.49 bits per heavy atom. The quantitative estimate of drug-likeness (QED) is 0.184. The molecule has 0 aromatic heterocycles. The monoisotopic (exact) mass is 667 g/mol. The molecule has 2 aromatic rings. The average Bonchev–Trinajstić information content (AvgIpc) is 3.67. The highest BCUT2D eigenvalue weighted by Gasteiger charge is 2.67. The van der Waals surface area contributed by atoms with Crippen LogP contribution in [0.3, 0.4) is 0 Å². The van der Waals surface area contributed by atoms with Crippen molar-refractivity contribution in [3.05, 3.63) is 53.6 Å². The molecule has 11 nitrogen and oxygen atoms in total. The summed E-state index contributed by atoms with van der Waals surface area (Å²) in [5, 5.41) is 9.82. The number of amides is 3. The van der Waals surface area contributed by atoms with Gasteiger partial charge < -0.3 is 33.2 Å². The molecule has 47 heavy (non-hydrogen) atoms. The predicted octanol–water partition coefficient (Wildman–Crippen LogP) is 4.02. The molecule has 13 heteroatoms. The van der Waals surface area contributed by atoms with Gasteiger partial charge in [0, 0.05) is 36.2 Å². The van der Waals surface area contributed by atoms with Gasteiger partial charge in [0.05, 0.1) is 50.9 Å². The number of esters is 1. The van der Waals surface area contributed by atoms with Crippen LogP contribution in [-0.2, 0) is 40.8 Å². The van der Waals surface area contributed by atoms with Crippen molar-refractivity contribution >= 4 is 43.5 Å². The topological polar surface area (TPSA) is 126 Å². The molecule has 4 aliphatic rings. The van der Waals surface area contributed by atoms with Crippen molar-refractivity contribution < 1.29 is 42.6 Å². The van der Waals surface area contributed by atoms with E-state index in [-0.39, 0.29) is 49.8 Å². The fourth-order valence-corrected chi connectivity index (χ4v) is 10.6. The smallest absolute Gasteiger partial charge is 0.304 e. The van der Waals surface area contributed by atoms with E-state index >= 15 is 4.11 Å². The number of carbonyl (C=O) groups excluding carboxylic acids is 4. The van der Waals surface area contributed by atoms with Crippen molar-refractivity contribution in [2.45, 2.75) is 88.7 Å². The summed E-state index contributed by atoms with van der Waals surface area (Å²) < 4.78 is 33.8. The first-order valence-electron chi connectivity index (χ1n) is 16.2. The fraction of sp³-hybridized carbons (Fsp3) is 0.529. The molecular formula is C34H42FN3O8Si. The van der Waals surface area contributed by atoms with Gasteiger partial charge in [-0.15, -0.1) is 0 Å². The number of nitrogens with zero attached hydrogens (tertiary/aromatic N) is 3. The number of aliphatic hydroxyl groups excluding tert-OH is 1. The summed E-state index contributed by atoms with van der Waals surface area (Å²) in [5.41, 5.74) is 0.361. The van der Waals surface area contributed by atoms with Crippen LogP contribution in [0, 0.1) is 5.92 Å². The Hall–Kier alpha value is -3.81. The molecule has 3 fully saturated rings. The molecular weight excluding hydrogens is 625 g/mol. The van der Waals surface area contributed by atoms with Gasteiger partial charge >= 0.3 is 5.97 Å². The summed E-state index contributed by atoms with van der Waals surface area (Å²) in [7, 11) is -1.96. The molecule has 1 spiro atoms. The van der Waals surface area contributed by atoms with Gasteiger partial charge in [0.15, 0.2) is 11.8 Å². The van der Waals surface area contributed by atoms with Crippen molar-refractivity contribution in [2.75, 3.05) is 30.1 Å². The molecule has 3 saturated heterocycles. The first kappa shape index (κ1) is 33.1. The normalized spacial score (nSPS) is 28.6. The van der Waals surface area contributed by atoms with Crippen LogP contribution in [0.5, 0.6) is 5.75 Å². The number of likely N-dealkylation sites (tertiary alicyclic amines) is 1. The van der Waals surface area contributed by atoms with Crippen molar-refractivity contribution in [3.63, 3.8) is 0 Å². The number of fused-ring (bicyclic) bond motifs is 2. The second-order valence-electron chi connectivity index (χ2n) is 13.5. The van der Waals surface area contributed by atoms with E-state index in [0.717, 1.165) is 12.0 Å². The van der Waals surface area contributed by atoms with Gasteiger partial charge in [-0.05, 0) is 61.8 Å². The first-order chi connectivity index (χ1) is 22.3. The molecule has 3 amide bonds. The molecule has 0 saturated carbocycles. The van der Waals surface area contributed by atoms with E-state index in [9.17, 15) is 24.3 Å². The SMILES string of the molecule is COc1ccc2c(c1)[C@@]1(O[C@H](CC(=O)N3CCC[C@H]3CO)[C@@H]([Si](C)(C)F)[C@@H]1C)C(=O)N2Cc1ccc(N2C(=O)CC2OC(C)=O)cc1. The van der Waals surface area contributed by atoms with Gasteiger partial charge in [0.2, 0.25) is 20.2 Å². The van der Waals surface area contributed by atoms with Crippen molar-refractivity contribution in [1.29, 1.82) is 0 Å². The number of aliphatic hydroxyl groups is 1. The van der Waals surface area contributed by atoms with Crippen molar-refractivity contribution in [2.24, 2.45) is 5.92 Å². The van der Waals surface area contributed by atoms with Crippen LogP contribution in [0.15, 0.2) is 42.5 Å². The Morgan fingerprint density at radius 2 is 1.87 bits per heavy atom. The Bertz CT molecular complexity index is 1580. The average molecular weight is 668 g/mol. The predicted molar refractivity (Wildman–Crippen MR) is 173 cm³/mol. The van der Waals surface area contributed by atoms with Crippen molar-refractivity contribution in [1.82, 2.24) is 4.90 Å². The highest BCUT2D eigenvalue weighted by molar-refractivity contribution is 6.72. The zero-order chi connectivity index (χ0) is 33.8. The van der Waals surface area contributed by atoms with E-state index in [0.29, 0.717) is 35.7 Å². The molecule has 4 aliphatic heterocycles. The lowest BCUT2D eigenvalue weighted by Crippen LogP contribution is -2.54. The molecule has 4 heterocycles. The van der Waals surface area contributed by atoms with Gasteiger partial charge in [0.25, 0.3) is 5.91 Å². The molecule has 0 aliphatic carbocycles. The maximum Gasteiger partial charge on any atom is 0.304 e. The molecule has 2 aromatic carbocycles. The molecule has 6 atom stereocenters. The summed E-state index contributed by atoms with van der Waals surface area (Å²) in [6.45, 7) is 6.91. The van der Waals surface area contributed by atoms with E-state index in [1.807, 2.05) is 19.1 Å². The first-order valence-corrected chi connectivity index (χ1v) is 19.1. The van der Waals surface area contributed by atoms with Crippen molar-refractivity contribution in [3.8, 4) is 5.75 Å². The standard InChI is InChI=1S/C34H42FN3O8Si/c1-20-32(47(4,5)35)28(16-29(41)36-14-6-7-24(36)19-39)46-34(20)26-15-25(44-3)12-13-27(26)37(33(34)43)18-22-8-10-23(11-9-22)38-30(42)17-31(38)45-21(2)40/h8-13,15,20,24,28,31-32,39H,6-7,14,16-19H2,1-5H3/t20-,24-,28+,31?,32-,34+/m0/s1. The largest absolute Gasteiger partial charge is 0.497 e. The number of hydrogen-bond acceptors (Lipinski definition) is 8. The molecule has 1 unspecified atom stereocenters. The van der Waals surface area contributed by atoms with E-state index in [4.69, 9.17) is 14.2 Å². The Labute approximate surface area is 274 Å². The van der Waals surface area contributed by atoms with Crippen LogP contribution in [0.1, 0.15) is 50.7 Å². The Morgan fingerprint density at radius 1 is 1.15 bits per heavy atom. The van der Waals surface area contributed by atoms with E-state index in [1.54, 1.807) is 53.2 Å². The number of anilines is 2. The number of methoxy groups -OCH3 is 1. The second kappa shape index (κ2) is 12.3. The molecule has 252 valence electrons. The van der Waals surface area contributed by atoms with E-state index in [2.05, 4.69) is 0 Å². The minimum Gasteiger partial charge on any atom is -0.497 e. The van der Waals surface area contributed by atoms with Gasteiger partial charge in [-0.1, -0.05) is 19.1 Å². The Balaban J connectivity index is 1.31. The summed E-state index contributed by atoms with van der Waals surface area (Å²) >= 11 is 0. The molecule has 0 bridgehead atoms. The van der Waals surface area contributed by atoms with Crippen LogP contribution in [-0.4, -0.2) is 80.7 Å². The summed E-state index contributed by atoms with van der Waals surface area (Å²) in [5.74, 6) is -1.23. The third kappa shape index (κ3) is 5.61. The summed E-state index contributed by atoms with van der Waals surface area (Å²) in [4.78, 5) is 56.7. The minimum absolute atomic E-state index is 0.0782. The van der Waals surface area contributed by atoms with Crippen LogP contribution in [0.4, 0.5) is 15.5 Å². The van der Waals surface area contributed by atoms with Gasteiger partial charge in [-0.3, -0.25) is 24.1 Å². The van der Waals surface area contributed by atoms with E-state index in [1.165, 1.54) is 18.9 Å². The zero-order valence-corrected chi connectivity index (χ0v) is 28.4. The van der Waals surface area contributed by atoms with Crippen LogP contribution in [0.25, 0.3) is 0 Å². The van der Waals surface area contributed by atoms with Gasteiger partial charge in [-0.25, -0.2) is 0 Å². The number of ether oxygens (including phenoxy) is 3. The maximum absolute atomic E-state index is 16.2. The number of benzene rings is 2. The number of hydrogen-bond donors (Lipinski definition) is 1. The lowest BCUT2D eigenvalue weighted by atomic mass is 9.82. The highest BCUT2D eigenvalue weighted by atomic mass is 28.4. The number of carbonyl (C=O) groups is 4. The third-order valence-electron chi connectivity index (χ3n) is 10.2. The highest BCUT2D eigenvalue weighted by Crippen LogP contribution is 2.60. The summed E-state index contributed by atoms with van der Waals surface area (Å²) in [6.07, 6.45) is 0.0686. The minimum atomic E-state index is -3.49. The number of rotatable bonds is 9. The van der Waals surface area contributed by atoms with Gasteiger partial charge in [-0.2, -0.15) is 0 Å². The van der Waals surface area contributed by atoms with E-state index < -0.39 is 43.8 Å². The van der Waals surface area contributed by atoms with Gasteiger partial charge in [0.1, 0.15) is 5.75 Å². The van der Waals surface area contributed by atoms with Crippen LogP contribution < -0.4 is 14.5 Å². The zero-order valence-electron chi connectivity index (χ0n) is 27.4. The molecule has 6 rings (SSSR count). The number of β-lactam (4-membered cyclic amide) rings is 1. The van der Waals surface area contributed by atoms with Crippen LogP contribution in [0.2, 0.25) is 18.6 Å². The van der Waals surface area contributed by atoms with Crippen LogP contribution >= 0.6 is 0 Å². The lowest BCUT2D eigenvalue weighted by Gasteiger charge is -2.39. The Kier molecular flexibility index (Phi) is 8.68. The molecule has 1 N–H and O–H groups in total. The second-order valence-corrected chi connectivity index (χ2v) is 17.3. The third-order valence-corrected chi connectivity index (χ3v) is 12.7. The fourth-order valence-electron chi connectivity index (χ4n) is 8.08. The number of halogens is 1. The lowest BCUT2D eigenvalue weighted by molar-refractivity contribution is -0.154. The summed E-state index contributed by atoms with van der Waals surface area (Å²) in [6, 6.07) is 12.2.